The van der Waals surface area contributed by atoms with E-state index in [9.17, 15) is 0 Å². The zero-order chi connectivity index (χ0) is 20.1. The number of hydrogen-bond acceptors (Lipinski definition) is 2. The number of hydrogen-bond donors (Lipinski definition) is 0. The lowest BCUT2D eigenvalue weighted by molar-refractivity contribution is 0.308. The van der Waals surface area contributed by atoms with Gasteiger partial charge in [-0.25, -0.2) is 9.97 Å². The van der Waals surface area contributed by atoms with Crippen molar-refractivity contribution in [1.29, 1.82) is 0 Å². The zero-order valence-electron chi connectivity index (χ0n) is 18.4. The van der Waals surface area contributed by atoms with Crippen molar-refractivity contribution in [2.45, 2.75) is 96.3 Å². The lowest BCUT2D eigenvalue weighted by Crippen LogP contribution is -2.13. The van der Waals surface area contributed by atoms with E-state index in [-0.39, 0.29) is 0 Å². The fraction of sp³-hybridized carbons (Fsp3) is 0.630. The molecule has 2 saturated carbocycles. The van der Waals surface area contributed by atoms with Crippen molar-refractivity contribution in [2.75, 3.05) is 0 Å². The van der Waals surface area contributed by atoms with Gasteiger partial charge in [-0.1, -0.05) is 57.4 Å². The van der Waals surface area contributed by atoms with E-state index in [1.165, 1.54) is 81.8 Å². The van der Waals surface area contributed by atoms with Gasteiger partial charge < -0.3 is 0 Å². The Morgan fingerprint density at radius 3 is 1.79 bits per heavy atom. The van der Waals surface area contributed by atoms with Gasteiger partial charge in [-0.15, -0.1) is 0 Å². The van der Waals surface area contributed by atoms with Gasteiger partial charge in [0.25, 0.3) is 0 Å². The molecule has 1 aromatic heterocycles. The number of benzene rings is 1. The monoisotopic (exact) mass is 390 g/mol. The first-order valence-corrected chi connectivity index (χ1v) is 12.2. The molecular weight excluding hydrogens is 352 g/mol. The number of rotatable bonds is 6. The zero-order valence-corrected chi connectivity index (χ0v) is 18.4. The van der Waals surface area contributed by atoms with Crippen molar-refractivity contribution in [3.63, 3.8) is 0 Å². The summed E-state index contributed by atoms with van der Waals surface area (Å²) < 4.78 is 0. The first-order valence-electron chi connectivity index (χ1n) is 12.2. The van der Waals surface area contributed by atoms with Crippen LogP contribution in [-0.4, -0.2) is 9.97 Å². The molecule has 156 valence electrons. The fourth-order valence-corrected chi connectivity index (χ4v) is 5.70. The molecule has 1 heterocycles. The van der Waals surface area contributed by atoms with Crippen LogP contribution in [0.5, 0.6) is 0 Å². The summed E-state index contributed by atoms with van der Waals surface area (Å²) in [6.45, 7) is 4.64. The van der Waals surface area contributed by atoms with Crippen LogP contribution in [-0.2, 0) is 0 Å². The highest BCUT2D eigenvalue weighted by molar-refractivity contribution is 5.55. The third-order valence-corrected chi connectivity index (χ3v) is 7.75. The van der Waals surface area contributed by atoms with Crippen LogP contribution in [0.25, 0.3) is 11.4 Å². The van der Waals surface area contributed by atoms with Crippen LogP contribution in [0.3, 0.4) is 0 Å². The van der Waals surface area contributed by atoms with Crippen molar-refractivity contribution < 1.29 is 0 Å². The summed E-state index contributed by atoms with van der Waals surface area (Å²) in [7, 11) is 0. The lowest BCUT2D eigenvalue weighted by atomic mass is 9.78. The highest BCUT2D eigenvalue weighted by Gasteiger charge is 2.23. The van der Waals surface area contributed by atoms with Crippen LogP contribution in [0.1, 0.15) is 107 Å². The molecule has 2 fully saturated rings. The highest BCUT2D eigenvalue weighted by atomic mass is 14.9. The van der Waals surface area contributed by atoms with E-state index in [0.29, 0.717) is 5.92 Å². The van der Waals surface area contributed by atoms with Gasteiger partial charge in [0.15, 0.2) is 5.82 Å². The Bertz CT molecular complexity index is 733. The molecule has 0 amide bonds. The third-order valence-electron chi connectivity index (χ3n) is 7.75. The summed E-state index contributed by atoms with van der Waals surface area (Å²) >= 11 is 0. The van der Waals surface area contributed by atoms with E-state index in [0.717, 1.165) is 29.1 Å². The maximum atomic E-state index is 4.73. The molecule has 0 saturated heterocycles. The Morgan fingerprint density at radius 1 is 0.690 bits per heavy atom. The van der Waals surface area contributed by atoms with Crippen molar-refractivity contribution in [3.8, 4) is 11.4 Å². The fourth-order valence-electron chi connectivity index (χ4n) is 5.70. The molecule has 0 N–H and O–H groups in total. The Kier molecular flexibility index (Phi) is 7.00. The summed E-state index contributed by atoms with van der Waals surface area (Å²) in [5.41, 5.74) is 3.99. The van der Waals surface area contributed by atoms with Gasteiger partial charge in [0.1, 0.15) is 0 Å². The lowest BCUT2D eigenvalue weighted by Gasteiger charge is -2.28. The molecule has 0 atom stereocenters. The molecule has 0 spiro atoms. The summed E-state index contributed by atoms with van der Waals surface area (Å²) in [4.78, 5) is 9.46. The Hall–Kier alpha value is -1.70. The predicted octanol–water partition coefficient (Wildman–Crippen LogP) is 7.90. The van der Waals surface area contributed by atoms with Gasteiger partial charge >= 0.3 is 0 Å². The Morgan fingerprint density at radius 2 is 1.24 bits per heavy atom. The molecule has 0 bridgehead atoms. The summed E-state index contributed by atoms with van der Waals surface area (Å²) in [5, 5.41) is 0. The molecule has 4 rings (SSSR count). The summed E-state index contributed by atoms with van der Waals surface area (Å²) in [5.74, 6) is 4.19. The minimum atomic E-state index is 0.665. The minimum absolute atomic E-state index is 0.665. The molecule has 1 aromatic carbocycles. The van der Waals surface area contributed by atoms with Gasteiger partial charge in [0.2, 0.25) is 0 Å². The van der Waals surface area contributed by atoms with Gasteiger partial charge in [-0.3, -0.25) is 0 Å². The molecule has 29 heavy (non-hydrogen) atoms. The van der Waals surface area contributed by atoms with Crippen molar-refractivity contribution >= 4 is 0 Å². The first-order chi connectivity index (χ1) is 14.3. The molecule has 0 radical (unpaired) electrons. The molecular formula is C27H38N2. The van der Waals surface area contributed by atoms with Gasteiger partial charge in [0.05, 0.1) is 0 Å². The van der Waals surface area contributed by atoms with Crippen molar-refractivity contribution in [2.24, 2.45) is 11.8 Å². The van der Waals surface area contributed by atoms with E-state index in [1.807, 2.05) is 0 Å². The summed E-state index contributed by atoms with van der Waals surface area (Å²) in [6, 6.07) is 9.09. The van der Waals surface area contributed by atoms with E-state index >= 15 is 0 Å². The van der Waals surface area contributed by atoms with Crippen molar-refractivity contribution in [1.82, 2.24) is 9.97 Å². The van der Waals surface area contributed by atoms with Crippen LogP contribution in [0.4, 0.5) is 0 Å². The molecule has 0 unspecified atom stereocenters. The summed E-state index contributed by atoms with van der Waals surface area (Å²) in [6.07, 6.45) is 19.1. The van der Waals surface area contributed by atoms with E-state index in [1.54, 1.807) is 0 Å². The second kappa shape index (κ2) is 9.87. The average Bonchev–Trinajstić information content (AvgIpc) is 2.80. The smallest absolute Gasteiger partial charge is 0.159 e. The van der Waals surface area contributed by atoms with Gasteiger partial charge in [-0.2, -0.15) is 0 Å². The SMILES string of the molecule is CCCC1CCC(c2cnc(-c3ccc(C4CCC(CC)CC4)cc3)nc2)CC1. The molecule has 2 nitrogen and oxygen atoms in total. The van der Waals surface area contributed by atoms with E-state index in [2.05, 4.69) is 50.5 Å². The Balaban J connectivity index is 1.36. The van der Waals surface area contributed by atoms with Crippen LogP contribution < -0.4 is 0 Å². The van der Waals surface area contributed by atoms with Gasteiger partial charge in [-0.05, 0) is 86.2 Å². The number of nitrogens with zero attached hydrogens (tertiary/aromatic N) is 2. The maximum absolute atomic E-state index is 4.73. The van der Waals surface area contributed by atoms with E-state index in [4.69, 9.17) is 9.97 Å². The van der Waals surface area contributed by atoms with Crippen LogP contribution >= 0.6 is 0 Å². The highest BCUT2D eigenvalue weighted by Crippen LogP contribution is 2.38. The molecule has 2 aliphatic carbocycles. The maximum Gasteiger partial charge on any atom is 0.159 e. The standard InChI is InChI=1S/C27H38N2/c1-3-5-21-8-12-24(13-9-21)26-18-28-27(29-19-26)25-16-14-23(15-17-25)22-10-6-20(4-2)7-11-22/h14-22,24H,3-13H2,1-2H3. The normalized spacial score (nSPS) is 27.7. The predicted molar refractivity (Wildman–Crippen MR) is 122 cm³/mol. The number of aromatic nitrogens is 2. The molecule has 2 aliphatic rings. The molecule has 2 heteroatoms. The second-order valence-corrected chi connectivity index (χ2v) is 9.59. The van der Waals surface area contributed by atoms with Crippen molar-refractivity contribution in [3.05, 3.63) is 47.8 Å². The minimum Gasteiger partial charge on any atom is -0.236 e. The van der Waals surface area contributed by atoms with E-state index < -0.39 is 0 Å². The second-order valence-electron chi connectivity index (χ2n) is 9.59. The first kappa shape index (κ1) is 20.6. The molecule has 0 aliphatic heterocycles. The van der Waals surface area contributed by atoms with Crippen LogP contribution in [0.2, 0.25) is 0 Å². The van der Waals surface area contributed by atoms with Gasteiger partial charge in [0, 0.05) is 18.0 Å². The largest absolute Gasteiger partial charge is 0.236 e. The quantitative estimate of drug-likeness (QED) is 0.501. The average molecular weight is 391 g/mol. The Labute approximate surface area is 177 Å². The van der Waals surface area contributed by atoms with Crippen LogP contribution in [0, 0.1) is 11.8 Å². The third kappa shape index (κ3) is 5.08. The van der Waals surface area contributed by atoms with Crippen LogP contribution in [0.15, 0.2) is 36.7 Å². The topological polar surface area (TPSA) is 25.8 Å². The molecule has 2 aromatic rings.